The monoisotopic (exact) mass is 609 g/mol. The van der Waals surface area contributed by atoms with E-state index >= 15 is 0 Å². The first-order chi connectivity index (χ1) is 19.7. The normalized spacial score (nSPS) is 17.0. The van der Waals surface area contributed by atoms with Gasteiger partial charge in [0.2, 0.25) is 0 Å². The SMILES string of the molecule is C=CCOCC(O)COCCOC(C)(CC)CCOC(C)(CN)C(C)(C)COC(C)(C)CCOCC(O)COCCO. The largest absolute Gasteiger partial charge is 0.394 e. The van der Waals surface area contributed by atoms with Crippen LogP contribution in [0.5, 0.6) is 0 Å². The molecular weight excluding hydrogens is 546 g/mol. The number of aliphatic hydroxyl groups is 3. The topological polar surface area (TPSA) is 151 Å². The van der Waals surface area contributed by atoms with Crippen LogP contribution >= 0.6 is 0 Å². The van der Waals surface area contributed by atoms with Gasteiger partial charge in [0.25, 0.3) is 0 Å². The lowest BCUT2D eigenvalue weighted by Crippen LogP contribution is -2.54. The van der Waals surface area contributed by atoms with Crippen molar-refractivity contribution in [3.8, 4) is 0 Å². The van der Waals surface area contributed by atoms with Gasteiger partial charge >= 0.3 is 0 Å². The molecule has 0 aromatic rings. The Bertz CT molecular complexity index is 680. The van der Waals surface area contributed by atoms with E-state index in [1.54, 1.807) is 6.08 Å². The van der Waals surface area contributed by atoms with Crippen molar-refractivity contribution < 1.29 is 48.5 Å². The number of rotatable bonds is 29. The lowest BCUT2D eigenvalue weighted by molar-refractivity contribution is -0.165. The summed E-state index contributed by atoms with van der Waals surface area (Å²) in [4.78, 5) is 0. The predicted molar refractivity (Wildman–Crippen MR) is 164 cm³/mol. The van der Waals surface area contributed by atoms with Gasteiger partial charge in [0, 0.05) is 18.6 Å². The van der Waals surface area contributed by atoms with E-state index in [1.807, 2.05) is 20.8 Å². The molecule has 4 unspecified atom stereocenters. The minimum absolute atomic E-state index is 0.0757. The number of hydrogen-bond acceptors (Lipinski definition) is 11. The predicted octanol–water partition coefficient (Wildman–Crippen LogP) is 2.47. The summed E-state index contributed by atoms with van der Waals surface area (Å²) >= 11 is 0. The van der Waals surface area contributed by atoms with E-state index in [-0.39, 0.29) is 50.7 Å². The quantitative estimate of drug-likeness (QED) is 0.0731. The Balaban J connectivity index is 4.58. The molecule has 0 spiro atoms. The summed E-state index contributed by atoms with van der Waals surface area (Å²) in [6, 6.07) is 0. The second-order valence-electron chi connectivity index (χ2n) is 12.4. The molecule has 0 aliphatic heterocycles. The molecule has 0 fully saturated rings. The van der Waals surface area contributed by atoms with Crippen LogP contribution in [0.2, 0.25) is 0 Å². The third-order valence-electron chi connectivity index (χ3n) is 7.68. The molecule has 0 radical (unpaired) electrons. The standard InChI is InChI=1S/C31H63NO10/c1-9-14-36-20-26(34)23-39-18-19-40-30(7,10-2)12-16-41-31(8,24-32)28(3,4)25-42-29(5,6)11-15-37-21-27(35)22-38-17-13-33/h9,26-27,33-35H,1,10-25,32H2,2-8H3. The van der Waals surface area contributed by atoms with Crippen molar-refractivity contribution >= 4 is 0 Å². The van der Waals surface area contributed by atoms with Gasteiger partial charge in [-0.3, -0.25) is 0 Å². The van der Waals surface area contributed by atoms with Gasteiger partial charge in [-0.15, -0.1) is 6.58 Å². The average molecular weight is 610 g/mol. The molecule has 4 atom stereocenters. The Kier molecular flexibility index (Phi) is 21.5. The van der Waals surface area contributed by atoms with Crippen LogP contribution in [0, 0.1) is 5.41 Å². The first-order valence-electron chi connectivity index (χ1n) is 15.2. The average Bonchev–Trinajstić information content (AvgIpc) is 2.94. The van der Waals surface area contributed by atoms with Crippen LogP contribution in [0.1, 0.15) is 67.7 Å². The molecular formula is C31H63NO10. The molecule has 0 aromatic carbocycles. The van der Waals surface area contributed by atoms with Crippen LogP contribution in [-0.2, 0) is 33.2 Å². The highest BCUT2D eigenvalue weighted by Gasteiger charge is 2.43. The molecule has 11 nitrogen and oxygen atoms in total. The van der Waals surface area contributed by atoms with E-state index in [4.69, 9.17) is 44.0 Å². The Hall–Kier alpha value is -0.700. The van der Waals surface area contributed by atoms with Crippen molar-refractivity contribution in [2.45, 2.75) is 96.7 Å². The van der Waals surface area contributed by atoms with E-state index in [0.29, 0.717) is 59.0 Å². The fourth-order valence-electron chi connectivity index (χ4n) is 3.75. The van der Waals surface area contributed by atoms with Gasteiger partial charge in [-0.2, -0.15) is 0 Å². The van der Waals surface area contributed by atoms with Crippen LogP contribution in [-0.4, -0.2) is 130 Å². The minimum Gasteiger partial charge on any atom is -0.394 e. The third kappa shape index (κ3) is 18.2. The summed E-state index contributed by atoms with van der Waals surface area (Å²) in [7, 11) is 0. The maximum absolute atomic E-state index is 9.87. The van der Waals surface area contributed by atoms with Crippen molar-refractivity contribution in [3.05, 3.63) is 12.7 Å². The highest BCUT2D eigenvalue weighted by Crippen LogP contribution is 2.36. The maximum atomic E-state index is 9.87. The number of nitrogens with two attached hydrogens (primary N) is 1. The molecule has 11 heteroatoms. The summed E-state index contributed by atoms with van der Waals surface area (Å²) in [5.41, 5.74) is 4.39. The summed E-state index contributed by atoms with van der Waals surface area (Å²) in [5.74, 6) is 0. The van der Waals surface area contributed by atoms with Gasteiger partial charge in [-0.05, 0) is 47.0 Å². The van der Waals surface area contributed by atoms with Crippen molar-refractivity contribution in [1.82, 2.24) is 0 Å². The van der Waals surface area contributed by atoms with Crippen molar-refractivity contribution in [1.29, 1.82) is 0 Å². The Morgan fingerprint density at radius 2 is 1.31 bits per heavy atom. The Morgan fingerprint density at radius 1 is 0.738 bits per heavy atom. The Labute approximate surface area is 255 Å². The fraction of sp³-hybridized carbons (Fsp3) is 0.935. The van der Waals surface area contributed by atoms with Gasteiger partial charge in [0.05, 0.1) is 89.5 Å². The molecule has 0 aromatic heterocycles. The number of ether oxygens (including phenoxy) is 7. The van der Waals surface area contributed by atoms with E-state index in [0.717, 1.165) is 6.42 Å². The van der Waals surface area contributed by atoms with Crippen molar-refractivity contribution in [2.24, 2.45) is 11.1 Å². The van der Waals surface area contributed by atoms with E-state index < -0.39 is 23.4 Å². The number of aliphatic hydroxyl groups excluding tert-OH is 3. The second-order valence-corrected chi connectivity index (χ2v) is 12.4. The molecule has 252 valence electrons. The molecule has 42 heavy (non-hydrogen) atoms. The van der Waals surface area contributed by atoms with Gasteiger partial charge < -0.3 is 54.2 Å². The van der Waals surface area contributed by atoms with Crippen LogP contribution in [0.3, 0.4) is 0 Å². The summed E-state index contributed by atoms with van der Waals surface area (Å²) < 4.78 is 40.3. The zero-order valence-electron chi connectivity index (χ0n) is 27.5. The molecule has 0 aliphatic rings. The molecule has 0 bridgehead atoms. The summed E-state index contributed by atoms with van der Waals surface area (Å²) in [6.07, 6.45) is 2.36. The molecule has 0 aliphatic carbocycles. The van der Waals surface area contributed by atoms with E-state index in [9.17, 15) is 10.2 Å². The molecule has 0 amide bonds. The third-order valence-corrected chi connectivity index (χ3v) is 7.68. The maximum Gasteiger partial charge on any atom is 0.101 e. The van der Waals surface area contributed by atoms with Crippen LogP contribution in [0.4, 0.5) is 0 Å². The first kappa shape index (κ1) is 41.3. The van der Waals surface area contributed by atoms with Gasteiger partial charge in [0.1, 0.15) is 12.2 Å². The van der Waals surface area contributed by atoms with Crippen LogP contribution in [0.25, 0.3) is 0 Å². The van der Waals surface area contributed by atoms with Crippen LogP contribution < -0.4 is 5.73 Å². The highest BCUT2D eigenvalue weighted by molar-refractivity contribution is 4.93. The van der Waals surface area contributed by atoms with E-state index in [2.05, 4.69) is 34.3 Å². The smallest absolute Gasteiger partial charge is 0.101 e. The highest BCUT2D eigenvalue weighted by atomic mass is 16.6. The van der Waals surface area contributed by atoms with Crippen LogP contribution in [0.15, 0.2) is 12.7 Å². The molecule has 0 saturated carbocycles. The lowest BCUT2D eigenvalue weighted by Gasteiger charge is -2.45. The molecule has 0 rings (SSSR count). The fourth-order valence-corrected chi connectivity index (χ4v) is 3.75. The molecule has 0 saturated heterocycles. The second kappa shape index (κ2) is 21.9. The molecule has 5 N–H and O–H groups in total. The van der Waals surface area contributed by atoms with Crippen molar-refractivity contribution in [3.63, 3.8) is 0 Å². The Morgan fingerprint density at radius 3 is 1.86 bits per heavy atom. The lowest BCUT2D eigenvalue weighted by atomic mass is 9.76. The van der Waals surface area contributed by atoms with Gasteiger partial charge in [-0.1, -0.05) is 26.8 Å². The van der Waals surface area contributed by atoms with Gasteiger partial charge in [-0.25, -0.2) is 0 Å². The van der Waals surface area contributed by atoms with E-state index in [1.165, 1.54) is 0 Å². The summed E-state index contributed by atoms with van der Waals surface area (Å²) in [6.45, 7) is 21.6. The van der Waals surface area contributed by atoms with Crippen molar-refractivity contribution in [2.75, 3.05) is 85.8 Å². The minimum atomic E-state index is -0.734. The first-order valence-corrected chi connectivity index (χ1v) is 15.2. The molecule has 0 heterocycles. The zero-order chi connectivity index (χ0) is 32.1. The summed E-state index contributed by atoms with van der Waals surface area (Å²) in [5, 5.41) is 28.5. The van der Waals surface area contributed by atoms with Gasteiger partial charge in [0.15, 0.2) is 0 Å². The number of hydrogen-bond donors (Lipinski definition) is 4. The zero-order valence-corrected chi connectivity index (χ0v) is 27.5.